The van der Waals surface area contributed by atoms with Crippen molar-refractivity contribution in [3.8, 4) is 0 Å². The molecule has 0 aliphatic rings. The molecule has 0 aliphatic carbocycles. The molecule has 3 aromatic rings. The van der Waals surface area contributed by atoms with E-state index in [1.165, 1.54) is 17.7 Å². The number of benzene rings is 2. The number of amides is 1. The summed E-state index contributed by atoms with van der Waals surface area (Å²) in [4.78, 5) is 36.1. The molecule has 7 heteroatoms. The standard InChI is InChI=1S/C23H23ClN2O4/c1-23(2,3)17-7-4-14(5-8-17)10-19(27)25-13-16-12-18(24)11-15-6-9-20(28)26(21(15)16)22(29)30/h4-9,11-12H,10,13H2,1-3H3,(H,25,27)(H,29,30). The van der Waals surface area contributed by atoms with Gasteiger partial charge < -0.3 is 10.4 Å². The van der Waals surface area contributed by atoms with Gasteiger partial charge in [0.1, 0.15) is 0 Å². The van der Waals surface area contributed by atoms with E-state index in [2.05, 4.69) is 26.1 Å². The van der Waals surface area contributed by atoms with Crippen molar-refractivity contribution >= 4 is 34.5 Å². The van der Waals surface area contributed by atoms with Gasteiger partial charge in [0.15, 0.2) is 0 Å². The van der Waals surface area contributed by atoms with E-state index in [-0.39, 0.29) is 29.8 Å². The number of halogens is 1. The molecule has 2 aromatic carbocycles. The Labute approximate surface area is 179 Å². The van der Waals surface area contributed by atoms with E-state index in [0.717, 1.165) is 5.56 Å². The van der Waals surface area contributed by atoms with Crippen LogP contribution in [0.1, 0.15) is 37.5 Å². The van der Waals surface area contributed by atoms with E-state index in [1.807, 2.05) is 24.3 Å². The molecule has 0 saturated carbocycles. The lowest BCUT2D eigenvalue weighted by atomic mass is 9.86. The SMILES string of the molecule is CC(C)(C)c1ccc(CC(=O)NCc2cc(Cl)cc3ccc(=O)n(C(=O)O)c23)cc1. The number of hydrogen-bond acceptors (Lipinski definition) is 3. The Kier molecular flexibility index (Phi) is 5.99. The Hall–Kier alpha value is -3.12. The second kappa shape index (κ2) is 8.32. The van der Waals surface area contributed by atoms with Gasteiger partial charge in [-0.25, -0.2) is 9.36 Å². The third kappa shape index (κ3) is 4.71. The van der Waals surface area contributed by atoms with Gasteiger partial charge in [0.2, 0.25) is 5.91 Å². The quantitative estimate of drug-likeness (QED) is 0.649. The van der Waals surface area contributed by atoms with Crippen LogP contribution in [0.15, 0.2) is 53.3 Å². The van der Waals surface area contributed by atoms with Crippen LogP contribution in [-0.4, -0.2) is 21.7 Å². The largest absolute Gasteiger partial charge is 0.464 e. The van der Waals surface area contributed by atoms with Crippen LogP contribution < -0.4 is 10.9 Å². The molecule has 156 valence electrons. The molecule has 2 N–H and O–H groups in total. The smallest absolute Gasteiger partial charge is 0.419 e. The van der Waals surface area contributed by atoms with Crippen LogP contribution in [0.3, 0.4) is 0 Å². The topological polar surface area (TPSA) is 88.4 Å². The summed E-state index contributed by atoms with van der Waals surface area (Å²) in [5, 5.41) is 13.1. The first-order chi connectivity index (χ1) is 14.1. The number of aromatic nitrogens is 1. The van der Waals surface area contributed by atoms with Crippen LogP contribution in [0.25, 0.3) is 10.9 Å². The van der Waals surface area contributed by atoms with E-state index in [4.69, 9.17) is 11.6 Å². The van der Waals surface area contributed by atoms with E-state index in [1.54, 1.807) is 12.1 Å². The van der Waals surface area contributed by atoms with Gasteiger partial charge in [0, 0.05) is 23.0 Å². The Morgan fingerprint density at radius 1 is 1.07 bits per heavy atom. The lowest BCUT2D eigenvalue weighted by Gasteiger charge is -2.19. The zero-order valence-corrected chi connectivity index (χ0v) is 17.8. The van der Waals surface area contributed by atoms with Crippen LogP contribution >= 0.6 is 11.6 Å². The van der Waals surface area contributed by atoms with Crippen molar-refractivity contribution in [1.82, 2.24) is 9.88 Å². The number of nitrogens with zero attached hydrogens (tertiary/aromatic N) is 1. The van der Waals surface area contributed by atoms with Crippen molar-refractivity contribution in [1.29, 1.82) is 0 Å². The van der Waals surface area contributed by atoms with Crippen LogP contribution in [0, 0.1) is 0 Å². The molecule has 1 aromatic heterocycles. The predicted molar refractivity (Wildman–Crippen MR) is 117 cm³/mol. The van der Waals surface area contributed by atoms with Crippen LogP contribution in [0.2, 0.25) is 5.02 Å². The van der Waals surface area contributed by atoms with Gasteiger partial charge in [-0.05, 0) is 40.3 Å². The third-order valence-corrected chi connectivity index (χ3v) is 5.10. The molecular weight excluding hydrogens is 404 g/mol. The van der Waals surface area contributed by atoms with Gasteiger partial charge >= 0.3 is 6.09 Å². The minimum absolute atomic E-state index is 0.0361. The zero-order valence-electron chi connectivity index (χ0n) is 17.0. The lowest BCUT2D eigenvalue weighted by molar-refractivity contribution is -0.120. The lowest BCUT2D eigenvalue weighted by Crippen LogP contribution is -2.28. The Morgan fingerprint density at radius 3 is 2.33 bits per heavy atom. The first kappa shape index (κ1) is 21.6. The highest BCUT2D eigenvalue weighted by molar-refractivity contribution is 6.31. The summed E-state index contributed by atoms with van der Waals surface area (Å²) in [5.74, 6) is -0.216. The van der Waals surface area contributed by atoms with Gasteiger partial charge in [-0.15, -0.1) is 0 Å². The maximum Gasteiger partial charge on any atom is 0.419 e. The highest BCUT2D eigenvalue weighted by Gasteiger charge is 2.16. The first-order valence-electron chi connectivity index (χ1n) is 9.50. The molecule has 0 bridgehead atoms. The van der Waals surface area contributed by atoms with Crippen molar-refractivity contribution in [2.45, 2.75) is 39.2 Å². The summed E-state index contributed by atoms with van der Waals surface area (Å²) in [6.45, 7) is 6.43. The first-order valence-corrected chi connectivity index (χ1v) is 9.87. The number of hydrogen-bond donors (Lipinski definition) is 2. The number of fused-ring (bicyclic) bond motifs is 1. The normalized spacial score (nSPS) is 11.5. The van der Waals surface area contributed by atoms with E-state index in [9.17, 15) is 19.5 Å². The van der Waals surface area contributed by atoms with Gasteiger partial charge in [-0.1, -0.05) is 56.6 Å². The predicted octanol–water partition coefficient (Wildman–Crippen LogP) is 4.34. The highest BCUT2D eigenvalue weighted by Crippen LogP contribution is 2.24. The highest BCUT2D eigenvalue weighted by atomic mass is 35.5. The van der Waals surface area contributed by atoms with E-state index >= 15 is 0 Å². The van der Waals surface area contributed by atoms with Crippen LogP contribution in [-0.2, 0) is 23.2 Å². The van der Waals surface area contributed by atoms with Crippen LogP contribution in [0.5, 0.6) is 0 Å². The van der Waals surface area contributed by atoms with Crippen molar-refractivity contribution < 1.29 is 14.7 Å². The molecule has 0 aliphatic heterocycles. The molecule has 1 heterocycles. The van der Waals surface area contributed by atoms with Gasteiger partial charge in [-0.2, -0.15) is 0 Å². The van der Waals surface area contributed by atoms with Crippen molar-refractivity contribution in [2.24, 2.45) is 0 Å². The third-order valence-electron chi connectivity index (χ3n) is 4.88. The van der Waals surface area contributed by atoms with Gasteiger partial charge in [0.05, 0.1) is 11.9 Å². The zero-order chi connectivity index (χ0) is 22.1. The van der Waals surface area contributed by atoms with Crippen LogP contribution in [0.4, 0.5) is 4.79 Å². The average molecular weight is 427 g/mol. The molecule has 0 fully saturated rings. The maximum atomic E-state index is 12.4. The van der Waals surface area contributed by atoms with Gasteiger partial charge in [0.25, 0.3) is 5.56 Å². The van der Waals surface area contributed by atoms with Crippen molar-refractivity contribution in [2.75, 3.05) is 0 Å². The Bertz CT molecular complexity index is 1170. The minimum Gasteiger partial charge on any atom is -0.464 e. The summed E-state index contributed by atoms with van der Waals surface area (Å²) in [5.41, 5.74) is 2.10. The molecule has 3 rings (SSSR count). The fraction of sp³-hybridized carbons (Fsp3) is 0.261. The summed E-state index contributed by atoms with van der Waals surface area (Å²) in [7, 11) is 0. The molecule has 0 atom stereocenters. The Balaban J connectivity index is 1.81. The number of carbonyl (C=O) groups excluding carboxylic acids is 1. The average Bonchev–Trinajstić information content (AvgIpc) is 2.65. The Morgan fingerprint density at radius 2 is 1.73 bits per heavy atom. The summed E-state index contributed by atoms with van der Waals surface area (Å²) >= 11 is 6.14. The number of carboxylic acid groups (broad SMARTS) is 1. The fourth-order valence-electron chi connectivity index (χ4n) is 3.31. The molecule has 1 amide bonds. The molecule has 0 spiro atoms. The van der Waals surface area contributed by atoms with E-state index in [0.29, 0.717) is 20.5 Å². The minimum atomic E-state index is -1.39. The molecule has 0 unspecified atom stereocenters. The molecule has 6 nitrogen and oxygen atoms in total. The second-order valence-electron chi connectivity index (χ2n) is 8.19. The number of nitrogens with one attached hydrogen (secondary N) is 1. The maximum absolute atomic E-state index is 12.4. The summed E-state index contributed by atoms with van der Waals surface area (Å²) < 4.78 is 0.665. The van der Waals surface area contributed by atoms with Crippen molar-refractivity contribution in [3.63, 3.8) is 0 Å². The summed E-state index contributed by atoms with van der Waals surface area (Å²) in [6, 6.07) is 13.7. The summed E-state index contributed by atoms with van der Waals surface area (Å²) in [6.07, 6.45) is -1.20. The number of carbonyl (C=O) groups is 2. The van der Waals surface area contributed by atoms with Crippen molar-refractivity contribution in [3.05, 3.63) is 80.6 Å². The molecule has 0 saturated heterocycles. The molecule has 0 radical (unpaired) electrons. The monoisotopic (exact) mass is 426 g/mol. The molecular formula is C23H23ClN2O4. The number of rotatable bonds is 4. The molecule has 30 heavy (non-hydrogen) atoms. The number of pyridine rings is 1. The van der Waals surface area contributed by atoms with E-state index < -0.39 is 11.7 Å². The van der Waals surface area contributed by atoms with Gasteiger partial charge in [-0.3, -0.25) is 9.59 Å². The fourth-order valence-corrected chi connectivity index (χ4v) is 3.56. The second-order valence-corrected chi connectivity index (χ2v) is 8.63.